The molecule has 0 aromatic rings. The van der Waals surface area contributed by atoms with Gasteiger partial charge < -0.3 is 0 Å². The van der Waals surface area contributed by atoms with Gasteiger partial charge in [0.2, 0.25) is 0 Å². The molecule has 0 aromatic heterocycles. The topological polar surface area (TPSA) is 34.1 Å². The van der Waals surface area contributed by atoms with Crippen LogP contribution in [0.5, 0.6) is 0 Å². The summed E-state index contributed by atoms with van der Waals surface area (Å²) >= 11 is 0. The van der Waals surface area contributed by atoms with Gasteiger partial charge in [-0.25, -0.2) is 8.42 Å². The van der Waals surface area contributed by atoms with Crippen molar-refractivity contribution in [1.29, 1.82) is 0 Å². The molecule has 0 aliphatic rings. The standard InChI is InChI=1S/Li.H4O2SSi.H/c;1-3(2)4;/h;3H,4H3;. The van der Waals surface area contributed by atoms with Crippen molar-refractivity contribution in [3.8, 4) is 0 Å². The fraction of sp³-hybridized carbons (Fsp3) is 0. The fourth-order valence-electron chi connectivity index (χ4n) is 0. The van der Waals surface area contributed by atoms with Gasteiger partial charge in [0.15, 0.2) is 0 Å². The summed E-state index contributed by atoms with van der Waals surface area (Å²) in [6, 6.07) is 0. The molecule has 5 heavy (non-hydrogen) atoms. The van der Waals surface area contributed by atoms with Crippen LogP contribution in [-0.2, 0) is 10.2 Å². The van der Waals surface area contributed by atoms with Crippen molar-refractivity contribution in [3.05, 3.63) is 0 Å². The zero-order chi connectivity index (χ0) is 3.58. The first-order valence-electron chi connectivity index (χ1n) is 0.812. The van der Waals surface area contributed by atoms with Gasteiger partial charge in [-0.15, -0.1) is 0 Å². The van der Waals surface area contributed by atoms with Crippen LogP contribution in [-0.4, -0.2) is 36.7 Å². The SMILES string of the molecule is O=[SH](=O)[SiH3].[LiH]. The number of rotatable bonds is 0. The summed E-state index contributed by atoms with van der Waals surface area (Å²) in [6.07, 6.45) is 0. The van der Waals surface area contributed by atoms with Gasteiger partial charge in [0.25, 0.3) is 0 Å². The zero-order valence-corrected chi connectivity index (χ0v) is 5.16. The molecule has 0 saturated carbocycles. The monoisotopic (exact) mass is 104 g/mol. The van der Waals surface area contributed by atoms with Gasteiger partial charge >= 0.3 is 18.9 Å². The normalized spacial score (nSPS) is 7.40. The molecular weight excluding hydrogens is 99.1 g/mol. The molecule has 0 saturated heterocycles. The van der Waals surface area contributed by atoms with E-state index < -0.39 is 10.2 Å². The third-order valence-electron chi connectivity index (χ3n) is 0. The van der Waals surface area contributed by atoms with Gasteiger partial charge in [0, 0.05) is 0 Å². The quantitative estimate of drug-likeness (QED) is 0.267. The Balaban J connectivity index is 0. The molecule has 0 bridgehead atoms. The Bertz CT molecular complexity index is 58.0. The summed E-state index contributed by atoms with van der Waals surface area (Å²) in [4.78, 5) is 0. The van der Waals surface area contributed by atoms with Crippen molar-refractivity contribution in [2.75, 3.05) is 0 Å². The second kappa shape index (κ2) is 4.76. The predicted molar refractivity (Wildman–Crippen MR) is 27.4 cm³/mol. The second-order valence-corrected chi connectivity index (χ2v) is 3.51. The minimum absolute atomic E-state index is 0. The van der Waals surface area contributed by atoms with E-state index in [1.54, 1.807) is 0 Å². The molecule has 28 valence electrons. The summed E-state index contributed by atoms with van der Waals surface area (Å²) in [7, 11) is -1.68. The van der Waals surface area contributed by atoms with Gasteiger partial charge in [-0.3, -0.25) is 0 Å². The van der Waals surface area contributed by atoms with Crippen LogP contribution in [0.25, 0.3) is 0 Å². The van der Waals surface area contributed by atoms with Crippen molar-refractivity contribution in [2.24, 2.45) is 0 Å². The van der Waals surface area contributed by atoms with Crippen LogP contribution in [0.15, 0.2) is 0 Å². The summed E-state index contributed by atoms with van der Waals surface area (Å²) in [5.41, 5.74) is 0. The predicted octanol–water partition coefficient (Wildman–Crippen LogP) is -2.77. The summed E-state index contributed by atoms with van der Waals surface area (Å²) in [5, 5.41) is 0. The van der Waals surface area contributed by atoms with Crippen LogP contribution in [0, 0.1) is 0 Å². The van der Waals surface area contributed by atoms with E-state index in [0.717, 1.165) is 0 Å². The van der Waals surface area contributed by atoms with Gasteiger partial charge in [-0.05, 0) is 0 Å². The third kappa shape index (κ3) is 62.3. The van der Waals surface area contributed by atoms with Gasteiger partial charge in [0.05, 0.1) is 0 Å². The van der Waals surface area contributed by atoms with E-state index in [4.69, 9.17) is 8.42 Å². The average molecular weight is 104 g/mol. The van der Waals surface area contributed by atoms with E-state index in [2.05, 4.69) is 0 Å². The molecule has 0 aliphatic heterocycles. The van der Waals surface area contributed by atoms with Crippen molar-refractivity contribution in [1.82, 2.24) is 0 Å². The average Bonchev–Trinajstić information content (AvgIpc) is 0.811. The van der Waals surface area contributed by atoms with Gasteiger partial charge in [-0.2, -0.15) is 0 Å². The Kier molecular flexibility index (Phi) is 8.80. The van der Waals surface area contributed by atoms with E-state index >= 15 is 0 Å². The Morgan fingerprint density at radius 3 is 1.40 bits per heavy atom. The molecular formula is H5LiO2SSi. The van der Waals surface area contributed by atoms with E-state index in [-0.39, 0.29) is 18.9 Å². The first-order valence-corrected chi connectivity index (χ1v) is 5.12. The molecule has 0 rings (SSSR count). The molecule has 5 heteroatoms. The Morgan fingerprint density at radius 2 is 1.40 bits per heavy atom. The van der Waals surface area contributed by atoms with E-state index in [0.29, 0.717) is 9.39 Å². The maximum absolute atomic E-state index is 9.10. The summed E-state index contributed by atoms with van der Waals surface area (Å²) in [5.74, 6) is 0. The van der Waals surface area contributed by atoms with Gasteiger partial charge in [0.1, 0.15) is 19.5 Å². The number of hydrogen-bond donors (Lipinski definition) is 1. The third-order valence-corrected chi connectivity index (χ3v) is 0. The van der Waals surface area contributed by atoms with Crippen molar-refractivity contribution >= 4 is 38.4 Å². The van der Waals surface area contributed by atoms with Crippen molar-refractivity contribution < 1.29 is 8.42 Å². The number of thiol groups is 1. The Hall–Kier alpha value is 0.764. The Labute approximate surface area is 47.1 Å². The van der Waals surface area contributed by atoms with Crippen LogP contribution in [0.2, 0.25) is 0 Å². The second-order valence-electron chi connectivity index (χ2n) is 0.440. The molecule has 0 atom stereocenters. The van der Waals surface area contributed by atoms with E-state index in [1.807, 2.05) is 0 Å². The molecule has 0 radical (unpaired) electrons. The van der Waals surface area contributed by atoms with E-state index in [9.17, 15) is 0 Å². The van der Waals surface area contributed by atoms with Crippen LogP contribution in [0.3, 0.4) is 0 Å². The molecule has 0 spiro atoms. The molecule has 0 amide bonds. The molecule has 0 heterocycles. The van der Waals surface area contributed by atoms with Crippen LogP contribution in [0.1, 0.15) is 0 Å². The minimum atomic E-state index is -1.98. The first kappa shape index (κ1) is 9.23. The van der Waals surface area contributed by atoms with Gasteiger partial charge in [-0.1, -0.05) is 0 Å². The summed E-state index contributed by atoms with van der Waals surface area (Å²) in [6.45, 7) is 0. The fourth-order valence-corrected chi connectivity index (χ4v) is 0. The van der Waals surface area contributed by atoms with Crippen LogP contribution < -0.4 is 0 Å². The number of hydrogen-bond acceptors (Lipinski definition) is 2. The molecule has 0 unspecified atom stereocenters. The summed E-state index contributed by atoms with van der Waals surface area (Å²) < 4.78 is 18.2. The van der Waals surface area contributed by atoms with Crippen molar-refractivity contribution in [2.45, 2.75) is 0 Å². The van der Waals surface area contributed by atoms with E-state index in [1.165, 1.54) is 0 Å². The molecule has 0 fully saturated rings. The molecule has 0 N–H and O–H groups in total. The van der Waals surface area contributed by atoms with Crippen molar-refractivity contribution in [3.63, 3.8) is 0 Å². The zero-order valence-electron chi connectivity index (χ0n) is 2.26. The molecule has 0 aliphatic carbocycles. The molecule has 0 aromatic carbocycles. The first-order chi connectivity index (χ1) is 1.73. The van der Waals surface area contributed by atoms with Crippen LogP contribution >= 0.6 is 0 Å². The Morgan fingerprint density at radius 1 is 1.40 bits per heavy atom. The molecule has 2 nitrogen and oxygen atoms in total. The van der Waals surface area contributed by atoms with Crippen LogP contribution in [0.4, 0.5) is 0 Å². The maximum atomic E-state index is 9.10.